The predicted molar refractivity (Wildman–Crippen MR) is 167 cm³/mol. The summed E-state index contributed by atoms with van der Waals surface area (Å²) in [6, 6.07) is 16.4. The van der Waals surface area contributed by atoms with Crippen LogP contribution in [0.4, 0.5) is 0 Å². The van der Waals surface area contributed by atoms with Crippen molar-refractivity contribution < 1.29 is 13.9 Å². The summed E-state index contributed by atoms with van der Waals surface area (Å²) in [4.78, 5) is 18.4. The summed E-state index contributed by atoms with van der Waals surface area (Å²) in [5.41, 5.74) is 1.39. The molecule has 40 heavy (non-hydrogen) atoms. The molecule has 0 unspecified atom stereocenters. The molecule has 2 heterocycles. The van der Waals surface area contributed by atoms with Crippen LogP contribution in [0.3, 0.4) is 0 Å². The number of para-hydroxylation sites is 1. The van der Waals surface area contributed by atoms with E-state index in [9.17, 15) is 4.79 Å². The molecule has 0 radical (unpaired) electrons. The monoisotopic (exact) mass is 685 g/mol. The highest BCUT2D eigenvalue weighted by Crippen LogP contribution is 2.43. The Morgan fingerprint density at radius 3 is 2.62 bits per heavy atom. The topological polar surface area (TPSA) is 78.9 Å². The van der Waals surface area contributed by atoms with Crippen molar-refractivity contribution in [3.63, 3.8) is 0 Å². The van der Waals surface area contributed by atoms with Crippen LogP contribution in [0.1, 0.15) is 33.3 Å². The molecule has 3 aromatic carbocycles. The van der Waals surface area contributed by atoms with Crippen LogP contribution in [0.2, 0.25) is 5.02 Å². The molecule has 5 rings (SSSR count). The number of hydrogen-bond donors (Lipinski definition) is 0. The summed E-state index contributed by atoms with van der Waals surface area (Å²) in [5.74, 6) is 1.60. The maximum Gasteiger partial charge on any atom is 0.282 e. The van der Waals surface area contributed by atoms with Gasteiger partial charge in [0, 0.05) is 19.9 Å². The fraction of sp³-hybridized carbons (Fsp3) is 0.233. The van der Waals surface area contributed by atoms with Gasteiger partial charge in [-0.3, -0.25) is 4.79 Å². The van der Waals surface area contributed by atoms with Crippen LogP contribution in [0.15, 0.2) is 77.9 Å². The third-order valence-electron chi connectivity index (χ3n) is 5.87. The van der Waals surface area contributed by atoms with Gasteiger partial charge in [0.15, 0.2) is 17.3 Å². The van der Waals surface area contributed by atoms with Crippen LogP contribution in [-0.4, -0.2) is 29.1 Å². The van der Waals surface area contributed by atoms with Gasteiger partial charge in [-0.05, 0) is 70.7 Å². The fourth-order valence-electron chi connectivity index (χ4n) is 4.02. The predicted octanol–water partition coefficient (Wildman–Crippen LogP) is 8.69. The van der Waals surface area contributed by atoms with Gasteiger partial charge in [-0.25, -0.2) is 4.98 Å². The molecule has 0 amide bonds. The highest BCUT2D eigenvalue weighted by molar-refractivity contribution is 9.10. The van der Waals surface area contributed by atoms with E-state index in [1.54, 1.807) is 24.3 Å². The number of benzene rings is 3. The summed E-state index contributed by atoms with van der Waals surface area (Å²) in [5, 5.41) is 6.22. The summed E-state index contributed by atoms with van der Waals surface area (Å²) >= 11 is 13.8. The van der Waals surface area contributed by atoms with E-state index in [0.29, 0.717) is 62.0 Å². The van der Waals surface area contributed by atoms with Crippen LogP contribution in [0.25, 0.3) is 33.5 Å². The van der Waals surface area contributed by atoms with E-state index in [0.717, 1.165) is 9.86 Å². The summed E-state index contributed by atoms with van der Waals surface area (Å²) in [7, 11) is 0. The number of halogens is 3. The van der Waals surface area contributed by atoms with E-state index in [1.165, 1.54) is 10.9 Å². The third kappa shape index (κ3) is 5.82. The lowest BCUT2D eigenvalue weighted by Crippen LogP contribution is -2.20. The van der Waals surface area contributed by atoms with Crippen molar-refractivity contribution in [2.24, 2.45) is 10.5 Å². The minimum atomic E-state index is -0.337. The van der Waals surface area contributed by atoms with Gasteiger partial charge in [0.2, 0.25) is 5.82 Å². The van der Waals surface area contributed by atoms with E-state index in [1.807, 2.05) is 37.3 Å². The van der Waals surface area contributed by atoms with Crippen LogP contribution in [0.5, 0.6) is 11.5 Å². The molecule has 0 aliphatic heterocycles. The lowest BCUT2D eigenvalue weighted by Gasteiger charge is -2.22. The van der Waals surface area contributed by atoms with Gasteiger partial charge in [0.05, 0.1) is 30.3 Å². The van der Waals surface area contributed by atoms with Gasteiger partial charge < -0.3 is 13.9 Å². The average Bonchev–Trinajstić information content (AvgIpc) is 3.33. The minimum absolute atomic E-state index is 0.0766. The number of aromatic nitrogens is 2. The summed E-state index contributed by atoms with van der Waals surface area (Å²) in [6.45, 7) is 8.97. The Balaban J connectivity index is 1.65. The second-order valence-electron chi connectivity index (χ2n) is 10.3. The number of rotatable bonds is 7. The van der Waals surface area contributed by atoms with Gasteiger partial charge >= 0.3 is 0 Å². The second-order valence-corrected chi connectivity index (χ2v) is 12.4. The second kappa shape index (κ2) is 11.4. The first-order chi connectivity index (χ1) is 19.1. The first-order valence-corrected chi connectivity index (χ1v) is 14.6. The highest BCUT2D eigenvalue weighted by atomic mass is 79.9. The number of nitrogens with zero attached hydrogens (tertiary/aromatic N) is 3. The van der Waals surface area contributed by atoms with E-state index in [2.05, 4.69) is 57.7 Å². The van der Waals surface area contributed by atoms with Gasteiger partial charge in [-0.1, -0.05) is 60.4 Å². The smallest absolute Gasteiger partial charge is 0.282 e. The van der Waals surface area contributed by atoms with Crippen molar-refractivity contribution in [1.29, 1.82) is 0 Å². The van der Waals surface area contributed by atoms with E-state index < -0.39 is 0 Å². The standard InChI is InChI=1S/C30H26Br2ClN3O4/c1-5-38-23-14-18(25(32)26(33)27(23)39-16-30(2,3)4)15-34-36-28(35-21-9-7-6-8-20(21)29(36)37)24-13-17-12-19(31)10-11-22(17)40-24/h6-15H,5,16H2,1-4H3. The highest BCUT2D eigenvalue weighted by Gasteiger charge is 2.21. The zero-order valence-corrected chi connectivity index (χ0v) is 26.2. The number of ether oxygens (including phenoxy) is 2. The zero-order chi connectivity index (χ0) is 28.6. The minimum Gasteiger partial charge on any atom is -0.490 e. The molecule has 0 atom stereocenters. The normalized spacial score (nSPS) is 12.1. The molecule has 0 fully saturated rings. The lowest BCUT2D eigenvalue weighted by atomic mass is 9.99. The van der Waals surface area contributed by atoms with Gasteiger partial charge in [0.25, 0.3) is 5.56 Å². The Bertz CT molecular complexity index is 1820. The molecule has 0 N–H and O–H groups in total. The number of fused-ring (bicyclic) bond motifs is 2. The molecule has 0 saturated heterocycles. The van der Waals surface area contributed by atoms with Crippen LogP contribution in [-0.2, 0) is 0 Å². The fourth-order valence-corrected chi connectivity index (χ4v) is 5.05. The van der Waals surface area contributed by atoms with Crippen LogP contribution < -0.4 is 15.0 Å². The molecule has 5 aromatic rings. The molecular formula is C30H26Br2ClN3O4. The van der Waals surface area contributed by atoms with E-state index in [4.69, 9.17) is 30.5 Å². The van der Waals surface area contributed by atoms with Crippen molar-refractivity contribution in [2.75, 3.05) is 13.2 Å². The largest absolute Gasteiger partial charge is 0.490 e. The van der Waals surface area contributed by atoms with Crippen LogP contribution >= 0.6 is 43.5 Å². The van der Waals surface area contributed by atoms with Crippen molar-refractivity contribution >= 4 is 71.5 Å². The molecule has 10 heteroatoms. The molecule has 7 nitrogen and oxygen atoms in total. The average molecular weight is 688 g/mol. The van der Waals surface area contributed by atoms with Crippen molar-refractivity contribution in [3.05, 3.63) is 84.5 Å². The number of hydrogen-bond acceptors (Lipinski definition) is 6. The SMILES string of the molecule is CCOc1cc(C=Nn2c(-c3cc4cc(Br)ccc4o3)nc3ccccc3c2=O)c(Br)c(Cl)c1OCC(C)(C)C. The van der Waals surface area contributed by atoms with Gasteiger partial charge in [0.1, 0.15) is 10.6 Å². The molecule has 0 aliphatic rings. The first kappa shape index (κ1) is 28.4. The Morgan fingerprint density at radius 2 is 1.88 bits per heavy atom. The maximum atomic E-state index is 13.6. The molecule has 206 valence electrons. The molecule has 2 aromatic heterocycles. The summed E-state index contributed by atoms with van der Waals surface area (Å²) < 4.78 is 20.7. The Morgan fingerprint density at radius 1 is 1.10 bits per heavy atom. The Hall–Kier alpha value is -3.14. The zero-order valence-electron chi connectivity index (χ0n) is 22.3. The molecule has 0 bridgehead atoms. The van der Waals surface area contributed by atoms with E-state index in [-0.39, 0.29) is 16.8 Å². The maximum absolute atomic E-state index is 13.6. The molecule has 0 aliphatic carbocycles. The Kier molecular flexibility index (Phi) is 8.08. The van der Waals surface area contributed by atoms with Crippen molar-refractivity contribution in [2.45, 2.75) is 27.7 Å². The molecule has 0 spiro atoms. The number of furan rings is 1. The lowest BCUT2D eigenvalue weighted by molar-refractivity contribution is 0.188. The molecular weight excluding hydrogens is 662 g/mol. The van der Waals surface area contributed by atoms with E-state index >= 15 is 0 Å². The van der Waals surface area contributed by atoms with Crippen molar-refractivity contribution in [3.8, 4) is 23.1 Å². The quantitative estimate of drug-likeness (QED) is 0.160. The summed E-state index contributed by atoms with van der Waals surface area (Å²) in [6.07, 6.45) is 1.53. The molecule has 0 saturated carbocycles. The Labute approximate surface area is 253 Å². The first-order valence-electron chi connectivity index (χ1n) is 12.6. The third-order valence-corrected chi connectivity index (χ3v) is 7.81. The van der Waals surface area contributed by atoms with Crippen LogP contribution in [0, 0.1) is 5.41 Å². The van der Waals surface area contributed by atoms with Gasteiger partial charge in [-0.15, -0.1) is 0 Å². The van der Waals surface area contributed by atoms with Gasteiger partial charge in [-0.2, -0.15) is 9.78 Å². The van der Waals surface area contributed by atoms with Crippen molar-refractivity contribution in [1.82, 2.24) is 9.66 Å².